The molecule has 0 amide bonds. The van der Waals surface area contributed by atoms with Crippen LogP contribution in [0.5, 0.6) is 0 Å². The normalized spacial score (nSPS) is 10.6. The SMILES string of the molecule is O=C(c1ccccn1)c1cc2ccccc2[nH]1. The van der Waals surface area contributed by atoms with E-state index in [4.69, 9.17) is 0 Å². The number of hydrogen-bond donors (Lipinski definition) is 1. The Morgan fingerprint density at radius 3 is 2.65 bits per heavy atom. The van der Waals surface area contributed by atoms with E-state index >= 15 is 0 Å². The molecule has 0 aliphatic carbocycles. The molecule has 2 heterocycles. The van der Waals surface area contributed by atoms with Gasteiger partial charge in [0.05, 0.1) is 5.69 Å². The zero-order valence-electron chi connectivity index (χ0n) is 9.05. The molecule has 0 saturated heterocycles. The van der Waals surface area contributed by atoms with Gasteiger partial charge >= 0.3 is 0 Å². The highest BCUT2D eigenvalue weighted by Crippen LogP contribution is 2.16. The molecular weight excluding hydrogens is 212 g/mol. The van der Waals surface area contributed by atoms with Crippen LogP contribution < -0.4 is 0 Å². The summed E-state index contributed by atoms with van der Waals surface area (Å²) in [5.41, 5.74) is 2.00. The minimum atomic E-state index is -0.0817. The van der Waals surface area contributed by atoms with Crippen LogP contribution in [-0.4, -0.2) is 15.8 Å². The number of carbonyl (C=O) groups is 1. The van der Waals surface area contributed by atoms with Gasteiger partial charge in [0.25, 0.3) is 0 Å². The standard InChI is InChI=1S/C14H10N2O/c17-14(12-7-3-4-8-15-12)13-9-10-5-1-2-6-11(10)16-13/h1-9,16H. The van der Waals surface area contributed by atoms with Crippen molar-refractivity contribution in [3.05, 3.63) is 66.1 Å². The summed E-state index contributed by atoms with van der Waals surface area (Å²) in [6, 6.07) is 15.0. The Bertz CT molecular complexity index is 638. The average Bonchev–Trinajstić information content (AvgIpc) is 2.82. The van der Waals surface area contributed by atoms with Crippen LogP contribution in [0.1, 0.15) is 16.2 Å². The molecule has 0 atom stereocenters. The van der Waals surface area contributed by atoms with Gasteiger partial charge in [-0.1, -0.05) is 24.3 Å². The van der Waals surface area contributed by atoms with Gasteiger partial charge in [-0.05, 0) is 24.3 Å². The van der Waals surface area contributed by atoms with Crippen LogP contribution in [0.3, 0.4) is 0 Å². The van der Waals surface area contributed by atoms with Crippen molar-refractivity contribution in [2.45, 2.75) is 0 Å². The van der Waals surface area contributed by atoms with Crippen LogP contribution in [0, 0.1) is 0 Å². The summed E-state index contributed by atoms with van der Waals surface area (Å²) in [5.74, 6) is -0.0817. The fraction of sp³-hybridized carbons (Fsp3) is 0. The van der Waals surface area contributed by atoms with Gasteiger partial charge in [0.2, 0.25) is 5.78 Å². The highest BCUT2D eigenvalue weighted by molar-refractivity contribution is 6.08. The lowest BCUT2D eigenvalue weighted by molar-refractivity contribution is 0.103. The Hall–Kier alpha value is -2.42. The van der Waals surface area contributed by atoms with Crippen LogP contribution in [0.15, 0.2) is 54.7 Å². The van der Waals surface area contributed by atoms with E-state index in [2.05, 4.69) is 9.97 Å². The van der Waals surface area contributed by atoms with E-state index in [1.165, 1.54) is 0 Å². The quantitative estimate of drug-likeness (QED) is 0.677. The third kappa shape index (κ3) is 1.72. The van der Waals surface area contributed by atoms with Crippen LogP contribution >= 0.6 is 0 Å². The van der Waals surface area contributed by atoms with E-state index in [1.54, 1.807) is 18.3 Å². The van der Waals surface area contributed by atoms with Crippen LogP contribution in [-0.2, 0) is 0 Å². The van der Waals surface area contributed by atoms with Crippen molar-refractivity contribution in [2.24, 2.45) is 0 Å². The first-order valence-electron chi connectivity index (χ1n) is 5.38. The number of pyridine rings is 1. The van der Waals surface area contributed by atoms with E-state index in [0.717, 1.165) is 10.9 Å². The number of fused-ring (bicyclic) bond motifs is 1. The number of nitrogens with zero attached hydrogens (tertiary/aromatic N) is 1. The van der Waals surface area contributed by atoms with E-state index in [0.29, 0.717) is 11.4 Å². The molecule has 0 saturated carbocycles. The molecule has 3 aromatic rings. The molecule has 3 rings (SSSR count). The zero-order chi connectivity index (χ0) is 11.7. The minimum absolute atomic E-state index is 0.0817. The number of aromatic nitrogens is 2. The molecule has 3 nitrogen and oxygen atoms in total. The smallest absolute Gasteiger partial charge is 0.227 e. The zero-order valence-corrected chi connectivity index (χ0v) is 9.05. The predicted octanol–water partition coefficient (Wildman–Crippen LogP) is 2.79. The molecule has 3 heteroatoms. The third-order valence-corrected chi connectivity index (χ3v) is 2.67. The summed E-state index contributed by atoms with van der Waals surface area (Å²) in [7, 11) is 0. The van der Waals surface area contributed by atoms with Crippen molar-refractivity contribution in [3.8, 4) is 0 Å². The lowest BCUT2D eigenvalue weighted by Gasteiger charge is -1.95. The summed E-state index contributed by atoms with van der Waals surface area (Å²) < 4.78 is 0. The number of carbonyl (C=O) groups excluding carboxylic acids is 1. The van der Waals surface area contributed by atoms with Gasteiger partial charge in [0, 0.05) is 17.1 Å². The number of H-pyrrole nitrogens is 1. The molecule has 0 aliphatic rings. The van der Waals surface area contributed by atoms with Gasteiger partial charge in [-0.25, -0.2) is 0 Å². The van der Waals surface area contributed by atoms with Crippen molar-refractivity contribution < 1.29 is 4.79 Å². The second kappa shape index (κ2) is 3.87. The van der Waals surface area contributed by atoms with Gasteiger partial charge in [0.15, 0.2) is 0 Å². The summed E-state index contributed by atoms with van der Waals surface area (Å²) in [6.07, 6.45) is 1.62. The van der Waals surface area contributed by atoms with Crippen LogP contribution in [0.2, 0.25) is 0 Å². The molecule has 0 spiro atoms. The molecule has 1 aromatic carbocycles. The van der Waals surface area contributed by atoms with Crippen molar-refractivity contribution in [3.63, 3.8) is 0 Å². The number of nitrogens with one attached hydrogen (secondary N) is 1. The van der Waals surface area contributed by atoms with E-state index in [-0.39, 0.29) is 5.78 Å². The summed E-state index contributed by atoms with van der Waals surface area (Å²) in [6.45, 7) is 0. The second-order valence-corrected chi connectivity index (χ2v) is 3.81. The molecule has 17 heavy (non-hydrogen) atoms. The van der Waals surface area contributed by atoms with Gasteiger partial charge in [-0.15, -0.1) is 0 Å². The summed E-state index contributed by atoms with van der Waals surface area (Å²) >= 11 is 0. The van der Waals surface area contributed by atoms with Gasteiger partial charge in [0.1, 0.15) is 5.69 Å². The Kier molecular flexibility index (Phi) is 2.22. The summed E-state index contributed by atoms with van der Waals surface area (Å²) in [4.78, 5) is 19.3. The number of hydrogen-bond acceptors (Lipinski definition) is 2. The Labute approximate surface area is 98.1 Å². The van der Waals surface area contributed by atoms with Crippen LogP contribution in [0.25, 0.3) is 10.9 Å². The lowest BCUT2D eigenvalue weighted by atomic mass is 10.2. The fourth-order valence-electron chi connectivity index (χ4n) is 1.83. The van der Waals surface area contributed by atoms with Crippen LogP contribution in [0.4, 0.5) is 0 Å². The second-order valence-electron chi connectivity index (χ2n) is 3.81. The number of ketones is 1. The van der Waals surface area contributed by atoms with Gasteiger partial charge in [-0.3, -0.25) is 9.78 Å². The number of para-hydroxylation sites is 1. The lowest BCUT2D eigenvalue weighted by Crippen LogP contribution is -2.03. The van der Waals surface area contributed by atoms with Crippen molar-refractivity contribution >= 4 is 16.7 Å². The van der Waals surface area contributed by atoms with E-state index in [1.807, 2.05) is 36.4 Å². The summed E-state index contributed by atoms with van der Waals surface area (Å²) in [5, 5.41) is 1.03. The number of rotatable bonds is 2. The number of aromatic amines is 1. The van der Waals surface area contributed by atoms with Crippen molar-refractivity contribution in [2.75, 3.05) is 0 Å². The molecule has 1 N–H and O–H groups in total. The Morgan fingerprint density at radius 1 is 1.06 bits per heavy atom. The maximum Gasteiger partial charge on any atom is 0.227 e. The average molecular weight is 222 g/mol. The monoisotopic (exact) mass is 222 g/mol. The molecule has 0 unspecified atom stereocenters. The molecule has 0 aliphatic heterocycles. The van der Waals surface area contributed by atoms with Gasteiger partial charge < -0.3 is 4.98 Å². The largest absolute Gasteiger partial charge is 0.352 e. The maximum atomic E-state index is 12.1. The maximum absolute atomic E-state index is 12.1. The molecule has 0 bridgehead atoms. The minimum Gasteiger partial charge on any atom is -0.352 e. The molecule has 2 aromatic heterocycles. The third-order valence-electron chi connectivity index (χ3n) is 2.67. The molecule has 0 radical (unpaired) electrons. The highest BCUT2D eigenvalue weighted by atomic mass is 16.1. The Morgan fingerprint density at radius 2 is 1.88 bits per heavy atom. The first-order valence-corrected chi connectivity index (χ1v) is 5.38. The first-order chi connectivity index (χ1) is 8.34. The number of benzene rings is 1. The van der Waals surface area contributed by atoms with Crippen molar-refractivity contribution in [1.29, 1.82) is 0 Å². The fourth-order valence-corrected chi connectivity index (χ4v) is 1.83. The molecular formula is C14H10N2O. The highest BCUT2D eigenvalue weighted by Gasteiger charge is 2.12. The van der Waals surface area contributed by atoms with Gasteiger partial charge in [-0.2, -0.15) is 0 Å². The van der Waals surface area contributed by atoms with Crippen molar-refractivity contribution in [1.82, 2.24) is 9.97 Å². The topological polar surface area (TPSA) is 45.8 Å². The Balaban J connectivity index is 2.07. The molecule has 0 fully saturated rings. The first kappa shape index (κ1) is 9.78. The predicted molar refractivity (Wildman–Crippen MR) is 66.0 cm³/mol. The van der Waals surface area contributed by atoms with E-state index in [9.17, 15) is 4.79 Å². The van der Waals surface area contributed by atoms with E-state index < -0.39 is 0 Å². The molecule has 82 valence electrons.